The van der Waals surface area contributed by atoms with E-state index in [1.807, 2.05) is 44.2 Å². The zero-order valence-corrected chi connectivity index (χ0v) is 28.9. The number of aryl methyl sites for hydroxylation is 1. The van der Waals surface area contributed by atoms with Crippen LogP contribution in [0.1, 0.15) is 55.7 Å². The van der Waals surface area contributed by atoms with Gasteiger partial charge in [0.05, 0.1) is 17.2 Å². The normalized spacial score (nSPS) is 14.1. The van der Waals surface area contributed by atoms with E-state index in [2.05, 4.69) is 5.32 Å². The van der Waals surface area contributed by atoms with E-state index < -0.39 is 34.3 Å². The van der Waals surface area contributed by atoms with Crippen LogP contribution in [0.15, 0.2) is 108 Å². The Labute approximate surface area is 289 Å². The van der Waals surface area contributed by atoms with Crippen molar-refractivity contribution in [1.29, 1.82) is 0 Å². The van der Waals surface area contributed by atoms with Gasteiger partial charge in [-0.25, -0.2) is 12.8 Å². The molecule has 0 radical (unpaired) electrons. The lowest BCUT2D eigenvalue weighted by Crippen LogP contribution is -2.55. The summed E-state index contributed by atoms with van der Waals surface area (Å²) in [4.78, 5) is 30.3. The molecule has 1 saturated carbocycles. The van der Waals surface area contributed by atoms with Crippen LogP contribution in [0.3, 0.4) is 0 Å². The predicted molar refractivity (Wildman–Crippen MR) is 189 cm³/mol. The van der Waals surface area contributed by atoms with Gasteiger partial charge < -0.3 is 15.0 Å². The highest BCUT2D eigenvalue weighted by Crippen LogP contribution is 2.27. The molecule has 0 saturated heterocycles. The highest BCUT2D eigenvalue weighted by atomic mass is 32.2. The summed E-state index contributed by atoms with van der Waals surface area (Å²) < 4.78 is 49.1. The number of rotatable bonds is 14. The molecule has 1 atom stereocenters. The van der Waals surface area contributed by atoms with E-state index in [4.69, 9.17) is 4.74 Å². The van der Waals surface area contributed by atoms with Crippen molar-refractivity contribution < 1.29 is 27.1 Å². The topological polar surface area (TPSA) is 96.0 Å². The fourth-order valence-electron chi connectivity index (χ4n) is 6.13. The highest BCUT2D eigenvalue weighted by Gasteiger charge is 2.35. The number of hydrogen-bond acceptors (Lipinski definition) is 5. The first kappa shape index (κ1) is 35.6. The zero-order chi connectivity index (χ0) is 34.8. The van der Waals surface area contributed by atoms with Gasteiger partial charge in [-0.05, 0) is 86.3 Å². The van der Waals surface area contributed by atoms with Crippen molar-refractivity contribution in [2.24, 2.45) is 0 Å². The quantitative estimate of drug-likeness (QED) is 0.157. The van der Waals surface area contributed by atoms with Crippen molar-refractivity contribution in [2.75, 3.05) is 17.5 Å². The number of amides is 2. The van der Waals surface area contributed by atoms with Crippen molar-refractivity contribution in [3.8, 4) is 5.75 Å². The van der Waals surface area contributed by atoms with Gasteiger partial charge in [-0.1, -0.05) is 79.4 Å². The van der Waals surface area contributed by atoms with Crippen LogP contribution in [-0.4, -0.2) is 50.4 Å². The van der Waals surface area contributed by atoms with Gasteiger partial charge in [0, 0.05) is 19.0 Å². The van der Waals surface area contributed by atoms with Crippen molar-refractivity contribution in [3.05, 3.63) is 126 Å². The van der Waals surface area contributed by atoms with Gasteiger partial charge in [0.2, 0.25) is 11.8 Å². The number of nitrogens with one attached hydrogen (secondary N) is 1. The summed E-state index contributed by atoms with van der Waals surface area (Å²) in [5, 5.41) is 3.20. The Morgan fingerprint density at radius 2 is 1.51 bits per heavy atom. The Balaban J connectivity index is 1.55. The molecular formula is C39H44FN3O5S. The first-order valence-corrected chi connectivity index (χ1v) is 18.3. The summed E-state index contributed by atoms with van der Waals surface area (Å²) in [6.07, 6.45) is 5.08. The summed E-state index contributed by atoms with van der Waals surface area (Å²) >= 11 is 0. The van der Waals surface area contributed by atoms with E-state index >= 15 is 0 Å². The van der Waals surface area contributed by atoms with Gasteiger partial charge in [-0.15, -0.1) is 0 Å². The molecule has 258 valence electrons. The molecule has 1 fully saturated rings. The Morgan fingerprint density at radius 1 is 0.857 bits per heavy atom. The second kappa shape index (κ2) is 16.6. The van der Waals surface area contributed by atoms with E-state index in [-0.39, 0.29) is 29.8 Å². The number of carbonyl (C=O) groups is 2. The van der Waals surface area contributed by atoms with Crippen LogP contribution >= 0.6 is 0 Å². The van der Waals surface area contributed by atoms with Gasteiger partial charge in [0.1, 0.15) is 24.2 Å². The van der Waals surface area contributed by atoms with Gasteiger partial charge in [0.25, 0.3) is 10.0 Å². The molecule has 49 heavy (non-hydrogen) atoms. The second-order valence-corrected chi connectivity index (χ2v) is 14.3. The summed E-state index contributed by atoms with van der Waals surface area (Å²) in [5.41, 5.74) is 2.68. The van der Waals surface area contributed by atoms with Gasteiger partial charge >= 0.3 is 0 Å². The van der Waals surface area contributed by atoms with Gasteiger partial charge in [0.15, 0.2) is 0 Å². The zero-order valence-electron chi connectivity index (χ0n) is 28.1. The third-order valence-corrected chi connectivity index (χ3v) is 10.6. The van der Waals surface area contributed by atoms with E-state index in [1.165, 1.54) is 29.2 Å². The molecule has 8 nitrogen and oxygen atoms in total. The van der Waals surface area contributed by atoms with Crippen LogP contribution in [0, 0.1) is 12.7 Å². The minimum atomic E-state index is -4.25. The van der Waals surface area contributed by atoms with Crippen LogP contribution < -0.4 is 14.4 Å². The number of nitrogens with zero attached hydrogens (tertiary/aromatic N) is 2. The first-order chi connectivity index (χ1) is 23.6. The monoisotopic (exact) mass is 685 g/mol. The molecule has 1 aliphatic carbocycles. The molecule has 10 heteroatoms. The molecule has 5 rings (SSSR count). The fourth-order valence-corrected chi connectivity index (χ4v) is 7.54. The van der Waals surface area contributed by atoms with Crippen molar-refractivity contribution in [1.82, 2.24) is 10.2 Å². The third-order valence-electron chi connectivity index (χ3n) is 8.81. The molecule has 0 aromatic heterocycles. The van der Waals surface area contributed by atoms with Crippen LogP contribution in [-0.2, 0) is 32.6 Å². The van der Waals surface area contributed by atoms with Crippen LogP contribution in [0.25, 0.3) is 0 Å². The number of benzene rings is 4. The average Bonchev–Trinajstić information content (AvgIpc) is 3.11. The number of anilines is 1. The lowest BCUT2D eigenvalue weighted by Gasteiger charge is -2.35. The van der Waals surface area contributed by atoms with E-state index in [1.54, 1.807) is 48.5 Å². The molecule has 1 aliphatic rings. The molecule has 0 aliphatic heterocycles. The van der Waals surface area contributed by atoms with Crippen molar-refractivity contribution in [3.63, 3.8) is 0 Å². The SMILES string of the molecule is CCOc1ccc(S(=O)(=O)N(CC(=O)N(Cc2ccc(F)cc2)C(Cc2ccccc2)C(=O)NC2CCCCC2)c2ccc(C)cc2)cc1. The molecular weight excluding hydrogens is 642 g/mol. The molecule has 4 aromatic carbocycles. The van der Waals surface area contributed by atoms with Crippen molar-refractivity contribution in [2.45, 2.75) is 75.9 Å². The summed E-state index contributed by atoms with van der Waals surface area (Å²) in [7, 11) is -4.25. The predicted octanol–water partition coefficient (Wildman–Crippen LogP) is 6.82. The van der Waals surface area contributed by atoms with Crippen LogP contribution in [0.4, 0.5) is 10.1 Å². The number of hydrogen-bond donors (Lipinski definition) is 1. The van der Waals surface area contributed by atoms with E-state index in [0.717, 1.165) is 47.5 Å². The van der Waals surface area contributed by atoms with Crippen molar-refractivity contribution >= 4 is 27.5 Å². The van der Waals surface area contributed by atoms with Gasteiger partial charge in [-0.2, -0.15) is 0 Å². The molecule has 0 bridgehead atoms. The number of ether oxygens (including phenoxy) is 1. The molecule has 1 unspecified atom stereocenters. The Kier molecular flexibility index (Phi) is 12.1. The Morgan fingerprint density at radius 3 is 2.14 bits per heavy atom. The molecule has 0 spiro atoms. The smallest absolute Gasteiger partial charge is 0.264 e. The average molecular weight is 686 g/mol. The van der Waals surface area contributed by atoms with Crippen LogP contribution in [0.5, 0.6) is 5.75 Å². The fraction of sp³-hybridized carbons (Fsp3) is 0.333. The maximum Gasteiger partial charge on any atom is 0.264 e. The van der Waals surface area contributed by atoms with Crippen LogP contribution in [0.2, 0.25) is 0 Å². The Hall–Kier alpha value is -4.70. The van der Waals surface area contributed by atoms with E-state index in [0.29, 0.717) is 23.6 Å². The first-order valence-electron chi connectivity index (χ1n) is 16.8. The molecule has 1 N–H and O–H groups in total. The van der Waals surface area contributed by atoms with E-state index in [9.17, 15) is 22.4 Å². The summed E-state index contributed by atoms with van der Waals surface area (Å²) in [5.74, 6) is -0.774. The second-order valence-electron chi connectivity index (χ2n) is 12.4. The molecule has 4 aromatic rings. The minimum absolute atomic E-state index is 0.00797. The standard InChI is InChI=1S/C39H44FN3O5S/c1-3-48-35-22-24-36(25-23-35)49(46,47)43(34-20-14-29(2)15-21-34)28-38(44)42(27-31-16-18-32(40)19-17-31)37(26-30-10-6-4-7-11-30)39(45)41-33-12-8-5-9-13-33/h4,6-7,10-11,14-25,33,37H,3,5,8-9,12-13,26-28H2,1-2H3,(H,41,45). The number of sulfonamides is 1. The molecule has 0 heterocycles. The number of carbonyl (C=O) groups excluding carboxylic acids is 2. The number of halogens is 1. The Bertz CT molecular complexity index is 1780. The summed E-state index contributed by atoms with van der Waals surface area (Å²) in [6, 6.07) is 27.2. The third kappa shape index (κ3) is 9.47. The van der Waals surface area contributed by atoms with Gasteiger partial charge in [-0.3, -0.25) is 13.9 Å². The maximum absolute atomic E-state index is 14.7. The summed E-state index contributed by atoms with van der Waals surface area (Å²) in [6.45, 7) is 3.57. The lowest BCUT2D eigenvalue weighted by molar-refractivity contribution is -0.140. The minimum Gasteiger partial charge on any atom is -0.494 e. The maximum atomic E-state index is 14.7. The largest absolute Gasteiger partial charge is 0.494 e. The molecule has 2 amide bonds. The highest BCUT2D eigenvalue weighted by molar-refractivity contribution is 7.92. The lowest BCUT2D eigenvalue weighted by atomic mass is 9.94.